The summed E-state index contributed by atoms with van der Waals surface area (Å²) < 4.78 is 10.2. The van der Waals surface area contributed by atoms with Gasteiger partial charge in [-0.25, -0.2) is 0 Å². The van der Waals surface area contributed by atoms with E-state index in [4.69, 9.17) is 14.6 Å². The number of hydrogen-bond acceptors (Lipinski definition) is 4. The van der Waals surface area contributed by atoms with E-state index in [0.29, 0.717) is 25.9 Å². The number of hydrogen-bond donors (Lipinski definition) is 2. The lowest BCUT2D eigenvalue weighted by molar-refractivity contribution is 0.0618. The van der Waals surface area contributed by atoms with Gasteiger partial charge in [-0.05, 0) is 6.42 Å². The molecule has 0 aromatic carbocycles. The van der Waals surface area contributed by atoms with Crippen molar-refractivity contribution in [1.29, 1.82) is 0 Å². The Bertz CT molecular complexity index is 120. The number of ether oxygens (including phenoxy) is 2. The molecule has 0 radical (unpaired) electrons. The Balaban J connectivity index is 3.33. The van der Waals surface area contributed by atoms with E-state index in [2.05, 4.69) is 19.2 Å². The van der Waals surface area contributed by atoms with Crippen molar-refractivity contribution in [2.24, 2.45) is 0 Å². The second-order valence-electron chi connectivity index (χ2n) is 3.59. The van der Waals surface area contributed by atoms with Gasteiger partial charge in [0.05, 0.1) is 19.8 Å². The molecule has 0 saturated carbocycles. The van der Waals surface area contributed by atoms with Crippen molar-refractivity contribution >= 4 is 0 Å². The van der Waals surface area contributed by atoms with Gasteiger partial charge in [0, 0.05) is 25.8 Å². The highest BCUT2D eigenvalue weighted by Crippen LogP contribution is 1.94. The van der Waals surface area contributed by atoms with Gasteiger partial charge in [-0.15, -0.1) is 0 Å². The van der Waals surface area contributed by atoms with Crippen LogP contribution in [0.5, 0.6) is 0 Å². The Labute approximate surface area is 86.6 Å². The molecule has 0 aliphatic rings. The van der Waals surface area contributed by atoms with E-state index < -0.39 is 0 Å². The zero-order chi connectivity index (χ0) is 10.8. The van der Waals surface area contributed by atoms with Gasteiger partial charge in [0.1, 0.15) is 0 Å². The first kappa shape index (κ1) is 13.8. The second-order valence-corrected chi connectivity index (χ2v) is 3.59. The van der Waals surface area contributed by atoms with Crippen LogP contribution < -0.4 is 5.32 Å². The summed E-state index contributed by atoms with van der Waals surface area (Å²) in [7, 11) is 1.65. The third-order valence-electron chi connectivity index (χ3n) is 1.83. The quantitative estimate of drug-likeness (QED) is 0.535. The van der Waals surface area contributed by atoms with Gasteiger partial charge in [-0.1, -0.05) is 13.8 Å². The molecule has 1 unspecified atom stereocenters. The van der Waals surface area contributed by atoms with Crippen LogP contribution >= 0.6 is 0 Å². The van der Waals surface area contributed by atoms with E-state index in [-0.39, 0.29) is 12.6 Å². The molecule has 86 valence electrons. The number of methoxy groups -OCH3 is 1. The molecule has 14 heavy (non-hydrogen) atoms. The minimum atomic E-state index is 0.137. The molecule has 0 bridgehead atoms. The van der Waals surface area contributed by atoms with Crippen molar-refractivity contribution in [3.05, 3.63) is 0 Å². The van der Waals surface area contributed by atoms with Crippen LogP contribution in [0, 0.1) is 0 Å². The third-order valence-corrected chi connectivity index (χ3v) is 1.83. The fourth-order valence-corrected chi connectivity index (χ4v) is 1.17. The first-order valence-electron chi connectivity index (χ1n) is 5.14. The van der Waals surface area contributed by atoms with Gasteiger partial charge >= 0.3 is 0 Å². The molecular weight excluding hydrogens is 182 g/mol. The maximum Gasteiger partial charge on any atom is 0.0700 e. The van der Waals surface area contributed by atoms with Gasteiger partial charge in [0.15, 0.2) is 0 Å². The van der Waals surface area contributed by atoms with Gasteiger partial charge < -0.3 is 19.9 Å². The van der Waals surface area contributed by atoms with Gasteiger partial charge in [0.25, 0.3) is 0 Å². The van der Waals surface area contributed by atoms with E-state index >= 15 is 0 Å². The topological polar surface area (TPSA) is 50.7 Å². The van der Waals surface area contributed by atoms with Crippen molar-refractivity contribution in [2.75, 3.05) is 33.5 Å². The molecule has 0 aliphatic carbocycles. The van der Waals surface area contributed by atoms with Crippen molar-refractivity contribution in [3.63, 3.8) is 0 Å². The zero-order valence-electron chi connectivity index (χ0n) is 9.45. The first-order valence-corrected chi connectivity index (χ1v) is 5.14. The molecule has 0 spiro atoms. The molecule has 0 amide bonds. The van der Waals surface area contributed by atoms with Crippen molar-refractivity contribution in [2.45, 2.75) is 32.4 Å². The van der Waals surface area contributed by atoms with Crippen LogP contribution in [0.4, 0.5) is 0 Å². The summed E-state index contributed by atoms with van der Waals surface area (Å²) in [6, 6.07) is 0.531. The summed E-state index contributed by atoms with van der Waals surface area (Å²) in [5.41, 5.74) is 0. The molecule has 1 atom stereocenters. The monoisotopic (exact) mass is 205 g/mol. The van der Waals surface area contributed by atoms with Crippen LogP contribution in [0.2, 0.25) is 0 Å². The highest BCUT2D eigenvalue weighted by atomic mass is 16.5. The predicted octanol–water partition coefficient (Wildman–Crippen LogP) is 0.398. The van der Waals surface area contributed by atoms with E-state index in [9.17, 15) is 0 Å². The molecule has 0 saturated heterocycles. The molecule has 0 fully saturated rings. The SMILES string of the molecule is COCCOCCC(CO)NC(C)C. The van der Waals surface area contributed by atoms with Crippen LogP contribution in [-0.4, -0.2) is 50.7 Å². The number of nitrogens with one attached hydrogen (secondary N) is 1. The maximum atomic E-state index is 9.03. The van der Waals surface area contributed by atoms with Crippen molar-refractivity contribution in [3.8, 4) is 0 Å². The summed E-state index contributed by atoms with van der Waals surface area (Å²) in [6.45, 7) is 6.20. The van der Waals surface area contributed by atoms with Gasteiger partial charge in [-0.2, -0.15) is 0 Å². The average Bonchev–Trinajstić information content (AvgIpc) is 2.15. The molecule has 0 aromatic heterocycles. The number of rotatable bonds is 9. The van der Waals surface area contributed by atoms with E-state index in [1.807, 2.05) is 0 Å². The molecule has 4 nitrogen and oxygen atoms in total. The van der Waals surface area contributed by atoms with E-state index in [1.54, 1.807) is 7.11 Å². The number of aliphatic hydroxyl groups is 1. The summed E-state index contributed by atoms with van der Waals surface area (Å²) in [6.07, 6.45) is 0.832. The van der Waals surface area contributed by atoms with Crippen molar-refractivity contribution < 1.29 is 14.6 Å². The first-order chi connectivity index (χ1) is 6.70. The molecule has 2 N–H and O–H groups in total. The summed E-state index contributed by atoms with van der Waals surface area (Å²) in [5.74, 6) is 0. The molecule has 0 aliphatic heterocycles. The molecule has 4 heteroatoms. The Morgan fingerprint density at radius 2 is 1.93 bits per heavy atom. The predicted molar refractivity (Wildman–Crippen MR) is 56.5 cm³/mol. The minimum absolute atomic E-state index is 0.137. The Morgan fingerprint density at radius 3 is 2.43 bits per heavy atom. The highest BCUT2D eigenvalue weighted by molar-refractivity contribution is 4.67. The molecular formula is C10H23NO3. The standard InChI is InChI=1S/C10H23NO3/c1-9(2)11-10(8-12)4-5-14-7-6-13-3/h9-12H,4-8H2,1-3H3. The van der Waals surface area contributed by atoms with Crippen LogP contribution in [0.1, 0.15) is 20.3 Å². The lowest BCUT2D eigenvalue weighted by Crippen LogP contribution is -2.38. The zero-order valence-corrected chi connectivity index (χ0v) is 9.45. The lowest BCUT2D eigenvalue weighted by atomic mass is 10.2. The lowest BCUT2D eigenvalue weighted by Gasteiger charge is -2.18. The van der Waals surface area contributed by atoms with Crippen LogP contribution in [0.15, 0.2) is 0 Å². The average molecular weight is 205 g/mol. The normalized spacial score (nSPS) is 13.5. The largest absolute Gasteiger partial charge is 0.395 e. The molecule has 0 heterocycles. The fourth-order valence-electron chi connectivity index (χ4n) is 1.17. The molecule has 0 aromatic rings. The Kier molecular flexibility index (Phi) is 9.29. The summed E-state index contributed by atoms with van der Waals surface area (Å²) >= 11 is 0. The Morgan fingerprint density at radius 1 is 1.21 bits per heavy atom. The van der Waals surface area contributed by atoms with E-state index in [0.717, 1.165) is 6.42 Å². The third kappa shape index (κ3) is 8.44. The van der Waals surface area contributed by atoms with Crippen LogP contribution in [0.3, 0.4) is 0 Å². The van der Waals surface area contributed by atoms with Crippen LogP contribution in [0.25, 0.3) is 0 Å². The summed E-state index contributed by atoms with van der Waals surface area (Å²) in [4.78, 5) is 0. The van der Waals surface area contributed by atoms with Gasteiger partial charge in [0.2, 0.25) is 0 Å². The Hall–Kier alpha value is -0.160. The molecule has 0 rings (SSSR count). The maximum absolute atomic E-state index is 9.03. The fraction of sp³-hybridized carbons (Fsp3) is 1.00. The number of aliphatic hydroxyl groups excluding tert-OH is 1. The van der Waals surface area contributed by atoms with Gasteiger partial charge in [-0.3, -0.25) is 0 Å². The minimum Gasteiger partial charge on any atom is -0.395 e. The highest BCUT2D eigenvalue weighted by Gasteiger charge is 2.07. The van der Waals surface area contributed by atoms with E-state index in [1.165, 1.54) is 0 Å². The van der Waals surface area contributed by atoms with Crippen molar-refractivity contribution in [1.82, 2.24) is 5.32 Å². The smallest absolute Gasteiger partial charge is 0.0700 e. The van der Waals surface area contributed by atoms with Crippen LogP contribution in [-0.2, 0) is 9.47 Å². The summed E-state index contributed by atoms with van der Waals surface area (Å²) in [5, 5.41) is 12.3. The second kappa shape index (κ2) is 9.40.